The molecule has 6 aliphatic rings. The molecule has 0 bridgehead atoms. The van der Waals surface area contributed by atoms with Crippen molar-refractivity contribution in [2.24, 2.45) is 40.9 Å². The summed E-state index contributed by atoms with van der Waals surface area (Å²) in [5.74, 6) is -2.77. The maximum Gasteiger partial charge on any atom is 0.341 e. The van der Waals surface area contributed by atoms with Crippen LogP contribution in [0.2, 0.25) is 0 Å². The van der Waals surface area contributed by atoms with Gasteiger partial charge in [0.2, 0.25) is 0 Å². The molecule has 204 valence electrons. The number of fused-ring (bicyclic) bond motifs is 9. The number of rotatable bonds is 2. The molecular formula is C28H38O9. The minimum atomic E-state index is -1.33. The van der Waals surface area contributed by atoms with Gasteiger partial charge in [0.1, 0.15) is 17.0 Å². The highest BCUT2D eigenvalue weighted by Gasteiger charge is 2.74. The lowest BCUT2D eigenvalue weighted by atomic mass is 9.48. The molecule has 12 unspecified atom stereocenters. The summed E-state index contributed by atoms with van der Waals surface area (Å²) < 4.78 is 17.8. The second kappa shape index (κ2) is 8.26. The van der Waals surface area contributed by atoms with Crippen LogP contribution < -0.4 is 0 Å². The molecule has 9 nitrogen and oxygen atoms in total. The molecule has 1 heterocycles. The van der Waals surface area contributed by atoms with Gasteiger partial charge in [0.25, 0.3) is 0 Å². The fraction of sp³-hybridized carbons (Fsp3) is 0.821. The van der Waals surface area contributed by atoms with E-state index in [2.05, 4.69) is 0 Å². The van der Waals surface area contributed by atoms with Crippen LogP contribution in [0.15, 0.2) is 11.8 Å². The summed E-state index contributed by atoms with van der Waals surface area (Å²) in [4.78, 5) is 37.3. The van der Waals surface area contributed by atoms with E-state index in [-0.39, 0.29) is 29.6 Å². The lowest BCUT2D eigenvalue weighted by Crippen LogP contribution is -2.70. The Hall–Kier alpha value is -1.97. The lowest BCUT2D eigenvalue weighted by molar-refractivity contribution is -0.269. The van der Waals surface area contributed by atoms with E-state index >= 15 is 0 Å². The van der Waals surface area contributed by atoms with E-state index in [9.17, 15) is 29.7 Å². The zero-order valence-electron chi connectivity index (χ0n) is 21.7. The highest BCUT2D eigenvalue weighted by atomic mass is 16.6. The van der Waals surface area contributed by atoms with Crippen LogP contribution in [0.4, 0.5) is 0 Å². The summed E-state index contributed by atoms with van der Waals surface area (Å²) in [5, 5.41) is 34.1. The van der Waals surface area contributed by atoms with Gasteiger partial charge < -0.3 is 29.5 Å². The van der Waals surface area contributed by atoms with Gasteiger partial charge in [-0.2, -0.15) is 0 Å². The zero-order valence-corrected chi connectivity index (χ0v) is 21.7. The largest absolute Gasteiger partial charge is 0.459 e. The maximum atomic E-state index is 12.5. The van der Waals surface area contributed by atoms with Gasteiger partial charge in [-0.3, -0.25) is 9.59 Å². The molecule has 0 aromatic carbocycles. The van der Waals surface area contributed by atoms with Gasteiger partial charge in [-0.1, -0.05) is 6.42 Å². The molecule has 6 rings (SSSR count). The highest BCUT2D eigenvalue weighted by molar-refractivity contribution is 5.81. The van der Waals surface area contributed by atoms with Crippen LogP contribution in [0, 0.1) is 40.9 Å². The number of esters is 3. The van der Waals surface area contributed by atoms with Crippen molar-refractivity contribution >= 4 is 17.9 Å². The topological polar surface area (TPSA) is 140 Å². The summed E-state index contributed by atoms with van der Waals surface area (Å²) in [5.41, 5.74) is -2.75. The van der Waals surface area contributed by atoms with Gasteiger partial charge in [0, 0.05) is 43.4 Å². The molecule has 5 fully saturated rings. The third-order valence-corrected chi connectivity index (χ3v) is 11.3. The molecule has 3 N–H and O–H groups in total. The van der Waals surface area contributed by atoms with Gasteiger partial charge in [0.15, 0.2) is 6.10 Å². The summed E-state index contributed by atoms with van der Waals surface area (Å²) in [6.45, 7) is 4.62. The molecule has 0 radical (unpaired) electrons. The van der Waals surface area contributed by atoms with Crippen LogP contribution in [0.1, 0.15) is 72.1 Å². The van der Waals surface area contributed by atoms with Crippen molar-refractivity contribution in [3.8, 4) is 0 Å². The fourth-order valence-electron chi connectivity index (χ4n) is 10.1. The van der Waals surface area contributed by atoms with Crippen LogP contribution in [0.3, 0.4) is 0 Å². The van der Waals surface area contributed by atoms with E-state index in [0.29, 0.717) is 44.3 Å². The monoisotopic (exact) mass is 518 g/mol. The quantitative estimate of drug-likeness (QED) is 0.370. The van der Waals surface area contributed by atoms with Gasteiger partial charge >= 0.3 is 17.9 Å². The summed E-state index contributed by atoms with van der Waals surface area (Å²) >= 11 is 0. The van der Waals surface area contributed by atoms with Gasteiger partial charge in [0.05, 0.1) is 17.6 Å². The van der Waals surface area contributed by atoms with E-state index in [4.69, 9.17) is 14.2 Å². The number of aliphatic hydroxyl groups excluding tert-OH is 3. The SMILES string of the molecule is CC(=O)OC12CCCCC1C(O)C(O)C1C2CCC2(OC(C)=O)C1CC1C2CC=C2OC(=O)C(O)C21C. The molecule has 5 aliphatic carbocycles. The molecule has 0 aromatic rings. The smallest absolute Gasteiger partial charge is 0.341 e. The zero-order chi connectivity index (χ0) is 26.5. The van der Waals surface area contributed by atoms with Crippen LogP contribution in [0.5, 0.6) is 0 Å². The number of aliphatic hydroxyl groups is 3. The predicted molar refractivity (Wildman–Crippen MR) is 127 cm³/mol. The predicted octanol–water partition coefficient (Wildman–Crippen LogP) is 2.01. The molecule has 1 aliphatic heterocycles. The third kappa shape index (κ3) is 3.16. The molecule has 0 spiro atoms. The van der Waals surface area contributed by atoms with Crippen LogP contribution in [-0.4, -0.2) is 62.7 Å². The molecule has 0 amide bonds. The van der Waals surface area contributed by atoms with Crippen molar-refractivity contribution < 1.29 is 43.9 Å². The van der Waals surface area contributed by atoms with Crippen LogP contribution in [0.25, 0.3) is 0 Å². The highest BCUT2D eigenvalue weighted by Crippen LogP contribution is 2.70. The lowest BCUT2D eigenvalue weighted by Gasteiger charge is -2.62. The molecule has 0 aromatic heterocycles. The number of allylic oxidation sites excluding steroid dienone is 1. The van der Waals surface area contributed by atoms with Crippen molar-refractivity contribution in [2.75, 3.05) is 0 Å². The Balaban J connectivity index is 1.47. The number of ether oxygens (including phenoxy) is 3. The standard InChI is InChI=1S/C28H38O9/c1-13(29)36-27-10-5-4-6-17(27)22(31)23(32)21-16(27)9-11-28(37-14(2)30)15-7-8-20-26(3,18(15)12-19(21)28)24(33)25(34)35-20/h8,15-19,21-24,31-33H,4-7,9-12H2,1-3H3. The normalized spacial score (nSPS) is 51.9. The Bertz CT molecular complexity index is 1050. The number of carbonyl (C=O) groups is 3. The Kier molecular flexibility index (Phi) is 5.65. The minimum Gasteiger partial charge on any atom is -0.459 e. The van der Waals surface area contributed by atoms with Gasteiger partial charge in [-0.05, 0) is 63.9 Å². The number of carbonyl (C=O) groups excluding carboxylic acids is 3. The minimum absolute atomic E-state index is 0.182. The van der Waals surface area contributed by atoms with Crippen molar-refractivity contribution in [3.05, 3.63) is 11.8 Å². The maximum absolute atomic E-state index is 12.5. The van der Waals surface area contributed by atoms with Crippen LogP contribution >= 0.6 is 0 Å². The molecule has 12 atom stereocenters. The third-order valence-electron chi connectivity index (χ3n) is 11.3. The summed E-state index contributed by atoms with van der Waals surface area (Å²) in [6, 6.07) is 0. The Labute approximate surface area is 216 Å². The van der Waals surface area contributed by atoms with E-state index in [1.165, 1.54) is 13.8 Å². The van der Waals surface area contributed by atoms with E-state index < -0.39 is 58.8 Å². The average molecular weight is 519 g/mol. The van der Waals surface area contributed by atoms with E-state index in [0.717, 1.165) is 12.8 Å². The van der Waals surface area contributed by atoms with Gasteiger partial charge in [-0.25, -0.2) is 4.79 Å². The number of hydrogen-bond donors (Lipinski definition) is 3. The summed E-state index contributed by atoms with van der Waals surface area (Å²) in [6.07, 6.45) is 3.59. The number of hydrogen-bond acceptors (Lipinski definition) is 9. The van der Waals surface area contributed by atoms with Crippen molar-refractivity contribution in [3.63, 3.8) is 0 Å². The van der Waals surface area contributed by atoms with Crippen molar-refractivity contribution in [1.29, 1.82) is 0 Å². The van der Waals surface area contributed by atoms with Crippen molar-refractivity contribution in [2.45, 2.75) is 102 Å². The molecular weight excluding hydrogens is 480 g/mol. The second-order valence-electron chi connectivity index (χ2n) is 12.6. The Morgan fingerprint density at radius 3 is 2.24 bits per heavy atom. The van der Waals surface area contributed by atoms with Gasteiger partial charge in [-0.15, -0.1) is 0 Å². The Morgan fingerprint density at radius 2 is 1.57 bits per heavy atom. The second-order valence-corrected chi connectivity index (χ2v) is 12.6. The first kappa shape index (κ1) is 25.3. The fourth-order valence-corrected chi connectivity index (χ4v) is 10.1. The summed E-state index contributed by atoms with van der Waals surface area (Å²) in [7, 11) is 0. The van der Waals surface area contributed by atoms with Crippen molar-refractivity contribution in [1.82, 2.24) is 0 Å². The van der Waals surface area contributed by atoms with E-state index in [1.54, 1.807) is 0 Å². The van der Waals surface area contributed by atoms with E-state index in [1.807, 2.05) is 13.0 Å². The molecule has 1 saturated heterocycles. The first-order chi connectivity index (χ1) is 17.5. The molecule has 4 saturated carbocycles. The molecule has 37 heavy (non-hydrogen) atoms. The van der Waals surface area contributed by atoms with Crippen LogP contribution in [-0.2, 0) is 28.6 Å². The average Bonchev–Trinajstić information content (AvgIpc) is 3.28. The molecule has 9 heteroatoms. The first-order valence-corrected chi connectivity index (χ1v) is 13.8. The Morgan fingerprint density at radius 1 is 0.892 bits per heavy atom. The first-order valence-electron chi connectivity index (χ1n) is 13.8.